The van der Waals surface area contributed by atoms with Crippen molar-refractivity contribution in [3.63, 3.8) is 0 Å². The van der Waals surface area contributed by atoms with Crippen LogP contribution in [0, 0.1) is 11.3 Å². The van der Waals surface area contributed by atoms with Gasteiger partial charge in [-0.2, -0.15) is 5.26 Å². The van der Waals surface area contributed by atoms with Crippen LogP contribution in [0.3, 0.4) is 0 Å². The van der Waals surface area contributed by atoms with Crippen LogP contribution in [-0.2, 0) is 0 Å². The smallest absolute Gasteiger partial charge is 0.0991 e. The molecule has 0 unspecified atom stereocenters. The van der Waals surface area contributed by atoms with E-state index in [4.69, 9.17) is 5.26 Å². The van der Waals surface area contributed by atoms with E-state index >= 15 is 0 Å². The second kappa shape index (κ2) is 5.42. The molecule has 94 valence electrons. The Balaban J connectivity index is 1.96. The third kappa shape index (κ3) is 2.46. The summed E-state index contributed by atoms with van der Waals surface area (Å²) < 4.78 is 0. The molecule has 0 N–H and O–H groups in total. The number of nitriles is 1. The van der Waals surface area contributed by atoms with Crippen molar-refractivity contribution in [2.75, 3.05) is 0 Å². The van der Waals surface area contributed by atoms with E-state index in [1.165, 1.54) is 16.3 Å². The molecule has 0 saturated carbocycles. The normalized spacial score (nSPS) is 10.8. The summed E-state index contributed by atoms with van der Waals surface area (Å²) in [7, 11) is 0. The van der Waals surface area contributed by atoms with Crippen molar-refractivity contribution in [1.82, 2.24) is 0 Å². The Morgan fingerprint density at radius 2 is 1.50 bits per heavy atom. The first-order chi connectivity index (χ1) is 9.86. The largest absolute Gasteiger partial charge is 0.192 e. The van der Waals surface area contributed by atoms with Gasteiger partial charge in [0.1, 0.15) is 0 Å². The zero-order valence-corrected chi connectivity index (χ0v) is 11.0. The monoisotopic (exact) mass is 255 g/mol. The molecule has 0 radical (unpaired) electrons. The summed E-state index contributed by atoms with van der Waals surface area (Å²) in [5.41, 5.74) is 2.98. The highest BCUT2D eigenvalue weighted by Gasteiger charge is 1.96. The maximum absolute atomic E-state index is 8.79. The van der Waals surface area contributed by atoms with Gasteiger partial charge in [0.15, 0.2) is 0 Å². The van der Waals surface area contributed by atoms with Gasteiger partial charge >= 0.3 is 0 Å². The molecule has 0 fully saturated rings. The molecule has 0 amide bonds. The summed E-state index contributed by atoms with van der Waals surface area (Å²) in [6.07, 6.45) is 4.19. The Morgan fingerprint density at radius 3 is 2.30 bits per heavy atom. The summed E-state index contributed by atoms with van der Waals surface area (Å²) in [5, 5.41) is 11.3. The van der Waals surface area contributed by atoms with Crippen molar-refractivity contribution >= 4 is 22.9 Å². The number of hydrogen-bond donors (Lipinski definition) is 0. The fraction of sp³-hybridized carbons (Fsp3) is 0. The molecular formula is C19H13N. The number of benzene rings is 3. The van der Waals surface area contributed by atoms with Crippen LogP contribution in [0.25, 0.3) is 22.9 Å². The molecule has 3 aromatic rings. The predicted molar refractivity (Wildman–Crippen MR) is 84.0 cm³/mol. The van der Waals surface area contributed by atoms with Gasteiger partial charge in [-0.05, 0) is 34.0 Å². The second-order valence-corrected chi connectivity index (χ2v) is 4.64. The molecule has 1 heteroatoms. The highest BCUT2D eigenvalue weighted by molar-refractivity contribution is 5.92. The Hall–Kier alpha value is -2.85. The quantitative estimate of drug-likeness (QED) is 0.598. The topological polar surface area (TPSA) is 23.8 Å². The van der Waals surface area contributed by atoms with Crippen molar-refractivity contribution in [3.05, 3.63) is 83.4 Å². The summed E-state index contributed by atoms with van der Waals surface area (Å²) in [4.78, 5) is 0. The first-order valence-electron chi connectivity index (χ1n) is 6.53. The van der Waals surface area contributed by atoms with Gasteiger partial charge < -0.3 is 0 Å². The van der Waals surface area contributed by atoms with Crippen LogP contribution in [0.1, 0.15) is 16.7 Å². The van der Waals surface area contributed by atoms with Crippen LogP contribution < -0.4 is 0 Å². The lowest BCUT2D eigenvalue weighted by Gasteiger charge is -2.01. The molecule has 0 atom stereocenters. The zero-order valence-electron chi connectivity index (χ0n) is 11.0. The van der Waals surface area contributed by atoms with Crippen molar-refractivity contribution in [3.8, 4) is 6.07 Å². The molecule has 3 aromatic carbocycles. The Labute approximate surface area is 118 Å². The average Bonchev–Trinajstić information content (AvgIpc) is 2.53. The first kappa shape index (κ1) is 12.2. The van der Waals surface area contributed by atoms with Gasteiger partial charge in [0.05, 0.1) is 11.6 Å². The van der Waals surface area contributed by atoms with Crippen molar-refractivity contribution < 1.29 is 0 Å². The second-order valence-electron chi connectivity index (χ2n) is 4.64. The molecule has 0 spiro atoms. The van der Waals surface area contributed by atoms with E-state index in [9.17, 15) is 0 Å². The Bertz CT molecular complexity index is 800. The average molecular weight is 255 g/mol. The van der Waals surface area contributed by atoms with Gasteiger partial charge in [0.25, 0.3) is 0 Å². The number of nitrogens with zero attached hydrogens (tertiary/aromatic N) is 1. The standard InChI is InChI=1S/C19H13N/c20-14-16-10-8-15(9-11-16)12-13-18-6-3-5-17-4-1-2-7-19(17)18/h1-13H/b13-12+. The van der Waals surface area contributed by atoms with Gasteiger partial charge in [-0.1, -0.05) is 66.7 Å². The predicted octanol–water partition coefficient (Wildman–Crippen LogP) is 4.88. The third-order valence-corrected chi connectivity index (χ3v) is 3.32. The first-order valence-corrected chi connectivity index (χ1v) is 6.53. The number of fused-ring (bicyclic) bond motifs is 1. The summed E-state index contributed by atoms with van der Waals surface area (Å²) in [5.74, 6) is 0. The summed E-state index contributed by atoms with van der Waals surface area (Å²) in [6, 6.07) is 24.4. The molecular weight excluding hydrogens is 242 g/mol. The Kier molecular flexibility index (Phi) is 3.31. The minimum atomic E-state index is 0.687. The van der Waals surface area contributed by atoms with Crippen molar-refractivity contribution in [2.45, 2.75) is 0 Å². The van der Waals surface area contributed by atoms with E-state index in [1.807, 2.05) is 24.3 Å². The highest BCUT2D eigenvalue weighted by atomic mass is 14.2. The summed E-state index contributed by atoms with van der Waals surface area (Å²) >= 11 is 0. The molecule has 1 nitrogen and oxygen atoms in total. The fourth-order valence-electron chi connectivity index (χ4n) is 2.25. The lowest BCUT2D eigenvalue weighted by molar-refractivity contribution is 1.48. The van der Waals surface area contributed by atoms with Gasteiger partial charge in [-0.15, -0.1) is 0 Å². The number of rotatable bonds is 2. The maximum Gasteiger partial charge on any atom is 0.0991 e. The molecule has 0 bridgehead atoms. The molecule has 0 aliphatic heterocycles. The number of hydrogen-bond acceptors (Lipinski definition) is 1. The van der Waals surface area contributed by atoms with Gasteiger partial charge in [0, 0.05) is 0 Å². The molecule has 0 aromatic heterocycles. The van der Waals surface area contributed by atoms with Crippen LogP contribution in [0.2, 0.25) is 0 Å². The van der Waals surface area contributed by atoms with E-state index in [-0.39, 0.29) is 0 Å². The molecule has 0 heterocycles. The van der Waals surface area contributed by atoms with Crippen LogP contribution >= 0.6 is 0 Å². The molecule has 0 aliphatic rings. The van der Waals surface area contributed by atoms with Gasteiger partial charge in [-0.3, -0.25) is 0 Å². The van der Waals surface area contributed by atoms with E-state index in [0.717, 1.165) is 5.56 Å². The van der Waals surface area contributed by atoms with Crippen LogP contribution in [-0.4, -0.2) is 0 Å². The van der Waals surface area contributed by atoms with Crippen LogP contribution in [0.4, 0.5) is 0 Å². The minimum absolute atomic E-state index is 0.687. The lowest BCUT2D eigenvalue weighted by Crippen LogP contribution is -1.78. The summed E-state index contributed by atoms with van der Waals surface area (Å²) in [6.45, 7) is 0. The van der Waals surface area contributed by atoms with Crippen LogP contribution in [0.15, 0.2) is 66.7 Å². The Morgan fingerprint density at radius 1 is 0.750 bits per heavy atom. The van der Waals surface area contributed by atoms with E-state index in [2.05, 4.69) is 60.7 Å². The lowest BCUT2D eigenvalue weighted by atomic mass is 10.0. The van der Waals surface area contributed by atoms with Crippen LogP contribution in [0.5, 0.6) is 0 Å². The zero-order chi connectivity index (χ0) is 13.8. The van der Waals surface area contributed by atoms with Crippen molar-refractivity contribution in [1.29, 1.82) is 5.26 Å². The van der Waals surface area contributed by atoms with Crippen molar-refractivity contribution in [2.24, 2.45) is 0 Å². The molecule has 0 saturated heterocycles. The third-order valence-electron chi connectivity index (χ3n) is 3.32. The van der Waals surface area contributed by atoms with Gasteiger partial charge in [0.2, 0.25) is 0 Å². The fourth-order valence-corrected chi connectivity index (χ4v) is 2.25. The van der Waals surface area contributed by atoms with E-state index in [0.29, 0.717) is 5.56 Å². The SMILES string of the molecule is N#Cc1ccc(/C=C/c2cccc3ccccc23)cc1. The van der Waals surface area contributed by atoms with E-state index < -0.39 is 0 Å². The molecule has 0 aliphatic carbocycles. The highest BCUT2D eigenvalue weighted by Crippen LogP contribution is 2.20. The molecule has 20 heavy (non-hydrogen) atoms. The van der Waals surface area contributed by atoms with E-state index in [1.54, 1.807) is 0 Å². The maximum atomic E-state index is 8.79. The minimum Gasteiger partial charge on any atom is -0.192 e. The molecule has 3 rings (SSSR count). The van der Waals surface area contributed by atoms with Gasteiger partial charge in [-0.25, -0.2) is 0 Å².